The van der Waals surface area contributed by atoms with Gasteiger partial charge in [-0.1, -0.05) is 6.42 Å². The molecule has 2 nitrogen and oxygen atoms in total. The lowest BCUT2D eigenvalue weighted by Crippen LogP contribution is -2.43. The van der Waals surface area contributed by atoms with E-state index in [0.29, 0.717) is 12.3 Å². The molecule has 100 valence electrons. The molecule has 17 heavy (non-hydrogen) atoms. The zero-order valence-electron chi connectivity index (χ0n) is 9.84. The van der Waals surface area contributed by atoms with E-state index in [0.717, 1.165) is 25.8 Å². The van der Waals surface area contributed by atoms with Crippen LogP contribution in [0, 0.1) is 11.8 Å². The van der Waals surface area contributed by atoms with E-state index in [9.17, 15) is 13.2 Å². The predicted molar refractivity (Wildman–Crippen MR) is 58.5 cm³/mol. The molecule has 0 aromatic carbocycles. The Hall–Kier alpha value is -0.290. The minimum atomic E-state index is -4.03. The number of nitrogens with one attached hydrogen (secondary N) is 1. The van der Waals surface area contributed by atoms with Gasteiger partial charge in [0.1, 0.15) is 0 Å². The molecule has 0 spiro atoms. The molecule has 0 amide bonds. The quantitative estimate of drug-likeness (QED) is 0.807. The summed E-state index contributed by atoms with van der Waals surface area (Å²) in [5.74, 6) is -0.669. The highest BCUT2D eigenvalue weighted by atomic mass is 19.4. The van der Waals surface area contributed by atoms with Crippen LogP contribution in [0.1, 0.15) is 38.5 Å². The molecular formula is C12H20F3NO. The van der Waals surface area contributed by atoms with E-state index < -0.39 is 12.1 Å². The Morgan fingerprint density at radius 3 is 2.41 bits per heavy atom. The lowest BCUT2D eigenvalue weighted by molar-refractivity contribution is -0.183. The fourth-order valence-electron chi connectivity index (χ4n) is 2.87. The number of hydrogen-bond donors (Lipinski definition) is 2. The van der Waals surface area contributed by atoms with Crippen molar-refractivity contribution in [1.29, 1.82) is 0 Å². The van der Waals surface area contributed by atoms with Crippen LogP contribution in [0.2, 0.25) is 0 Å². The molecule has 2 atom stereocenters. The van der Waals surface area contributed by atoms with Gasteiger partial charge in [0.15, 0.2) is 0 Å². The van der Waals surface area contributed by atoms with Crippen molar-refractivity contribution in [1.82, 2.24) is 5.32 Å². The molecular weight excluding hydrogens is 231 g/mol. The Bertz CT molecular complexity index is 251. The molecule has 0 heterocycles. The third-order valence-corrected chi connectivity index (χ3v) is 4.04. The summed E-state index contributed by atoms with van der Waals surface area (Å²) in [6, 6.07) is 0.00752. The van der Waals surface area contributed by atoms with Crippen LogP contribution in [0.5, 0.6) is 0 Å². The Labute approximate surface area is 99.6 Å². The van der Waals surface area contributed by atoms with Crippen molar-refractivity contribution in [3.63, 3.8) is 0 Å². The Morgan fingerprint density at radius 2 is 1.82 bits per heavy atom. The molecule has 0 aromatic rings. The van der Waals surface area contributed by atoms with Crippen molar-refractivity contribution in [2.45, 2.75) is 56.8 Å². The molecule has 2 aliphatic carbocycles. The summed E-state index contributed by atoms with van der Waals surface area (Å²) in [6.45, 7) is 0.756. The van der Waals surface area contributed by atoms with E-state index in [2.05, 4.69) is 5.32 Å². The smallest absolute Gasteiger partial charge is 0.391 e. The highest BCUT2D eigenvalue weighted by Gasteiger charge is 2.42. The molecule has 0 saturated heterocycles. The van der Waals surface area contributed by atoms with Crippen molar-refractivity contribution < 1.29 is 18.3 Å². The van der Waals surface area contributed by atoms with Gasteiger partial charge in [0.05, 0.1) is 12.0 Å². The van der Waals surface area contributed by atoms with Gasteiger partial charge in [-0.2, -0.15) is 13.2 Å². The lowest BCUT2D eigenvalue weighted by Gasteiger charge is -2.35. The Kier molecular flexibility index (Phi) is 3.98. The normalized spacial score (nSPS) is 38.8. The first-order chi connectivity index (χ1) is 7.95. The van der Waals surface area contributed by atoms with Crippen LogP contribution in [0.3, 0.4) is 0 Å². The van der Waals surface area contributed by atoms with Gasteiger partial charge in [-0.15, -0.1) is 0 Å². The SMILES string of the molecule is OC1CC(CNC2CCCC(C(F)(F)F)C2)C1. The average molecular weight is 251 g/mol. The van der Waals surface area contributed by atoms with Gasteiger partial charge in [0, 0.05) is 6.04 Å². The molecule has 0 bridgehead atoms. The van der Waals surface area contributed by atoms with Gasteiger partial charge in [0.25, 0.3) is 0 Å². The van der Waals surface area contributed by atoms with E-state index in [1.54, 1.807) is 0 Å². The fraction of sp³-hybridized carbons (Fsp3) is 1.00. The van der Waals surface area contributed by atoms with Crippen molar-refractivity contribution in [2.75, 3.05) is 6.54 Å². The van der Waals surface area contributed by atoms with Crippen molar-refractivity contribution in [3.8, 4) is 0 Å². The minimum absolute atomic E-state index is 0.00752. The van der Waals surface area contributed by atoms with E-state index in [-0.39, 0.29) is 25.0 Å². The van der Waals surface area contributed by atoms with E-state index >= 15 is 0 Å². The highest BCUT2D eigenvalue weighted by Crippen LogP contribution is 2.37. The third kappa shape index (κ3) is 3.58. The molecule has 2 fully saturated rings. The third-order valence-electron chi connectivity index (χ3n) is 4.04. The molecule has 2 N–H and O–H groups in total. The average Bonchev–Trinajstić information content (AvgIpc) is 2.22. The van der Waals surface area contributed by atoms with Crippen LogP contribution in [-0.2, 0) is 0 Å². The van der Waals surface area contributed by atoms with Crippen LogP contribution < -0.4 is 5.32 Å². The van der Waals surface area contributed by atoms with Gasteiger partial charge in [-0.05, 0) is 44.6 Å². The Morgan fingerprint density at radius 1 is 1.12 bits per heavy atom. The van der Waals surface area contributed by atoms with Crippen LogP contribution >= 0.6 is 0 Å². The number of aliphatic hydroxyl groups is 1. The maximum absolute atomic E-state index is 12.6. The van der Waals surface area contributed by atoms with Crippen LogP contribution in [0.4, 0.5) is 13.2 Å². The first-order valence-electron chi connectivity index (χ1n) is 6.43. The second-order valence-corrected chi connectivity index (χ2v) is 5.50. The summed E-state index contributed by atoms with van der Waals surface area (Å²) in [6.07, 6.45) is -0.617. The maximum atomic E-state index is 12.6. The molecule has 0 aromatic heterocycles. The number of rotatable bonds is 3. The van der Waals surface area contributed by atoms with E-state index in [1.165, 1.54) is 0 Å². The molecule has 2 rings (SSSR count). The molecule has 2 unspecified atom stereocenters. The van der Waals surface area contributed by atoms with Crippen molar-refractivity contribution >= 4 is 0 Å². The first-order valence-corrected chi connectivity index (χ1v) is 6.43. The van der Waals surface area contributed by atoms with Gasteiger partial charge in [-0.3, -0.25) is 0 Å². The van der Waals surface area contributed by atoms with Gasteiger partial charge < -0.3 is 10.4 Å². The molecule has 0 radical (unpaired) electrons. The zero-order chi connectivity index (χ0) is 12.5. The summed E-state index contributed by atoms with van der Waals surface area (Å²) in [5.41, 5.74) is 0. The summed E-state index contributed by atoms with van der Waals surface area (Å²) in [5, 5.41) is 12.4. The van der Waals surface area contributed by atoms with Gasteiger partial charge >= 0.3 is 6.18 Å². The van der Waals surface area contributed by atoms with E-state index in [1.807, 2.05) is 0 Å². The largest absolute Gasteiger partial charge is 0.393 e. The van der Waals surface area contributed by atoms with Crippen LogP contribution in [-0.4, -0.2) is 30.0 Å². The monoisotopic (exact) mass is 251 g/mol. The Balaban J connectivity index is 1.70. The van der Waals surface area contributed by atoms with Gasteiger partial charge in [-0.25, -0.2) is 0 Å². The summed E-state index contributed by atoms with van der Waals surface area (Å²) in [4.78, 5) is 0. The minimum Gasteiger partial charge on any atom is -0.393 e. The summed E-state index contributed by atoms with van der Waals surface area (Å²) >= 11 is 0. The topological polar surface area (TPSA) is 32.3 Å². The summed E-state index contributed by atoms with van der Waals surface area (Å²) < 4.78 is 37.7. The molecule has 5 heteroatoms. The van der Waals surface area contributed by atoms with Crippen molar-refractivity contribution in [3.05, 3.63) is 0 Å². The number of aliphatic hydroxyl groups excluding tert-OH is 1. The fourth-order valence-corrected chi connectivity index (χ4v) is 2.87. The van der Waals surface area contributed by atoms with Crippen LogP contribution in [0.15, 0.2) is 0 Å². The highest BCUT2D eigenvalue weighted by molar-refractivity contribution is 4.85. The van der Waals surface area contributed by atoms with E-state index in [4.69, 9.17) is 5.11 Å². The predicted octanol–water partition coefficient (Wildman–Crippen LogP) is 2.47. The lowest BCUT2D eigenvalue weighted by atomic mass is 9.81. The van der Waals surface area contributed by atoms with Gasteiger partial charge in [0.2, 0.25) is 0 Å². The number of hydrogen-bond acceptors (Lipinski definition) is 2. The van der Waals surface area contributed by atoms with Crippen molar-refractivity contribution in [2.24, 2.45) is 11.8 Å². The van der Waals surface area contributed by atoms with Crippen LogP contribution in [0.25, 0.3) is 0 Å². The summed E-state index contributed by atoms with van der Waals surface area (Å²) in [7, 11) is 0. The number of halogens is 3. The molecule has 2 aliphatic rings. The maximum Gasteiger partial charge on any atom is 0.391 e. The molecule has 2 saturated carbocycles. The zero-order valence-corrected chi connectivity index (χ0v) is 9.84. The molecule has 0 aliphatic heterocycles. The number of alkyl halides is 3. The first kappa shape index (κ1) is 13.1. The second kappa shape index (κ2) is 5.14. The standard InChI is InChI=1S/C12H20F3NO/c13-12(14,15)9-2-1-3-10(6-9)16-7-8-4-11(17)5-8/h8-11,16-17H,1-7H2. The second-order valence-electron chi connectivity index (χ2n) is 5.50.